The number of hydrogen-bond acceptors (Lipinski definition) is 3. The van der Waals surface area contributed by atoms with E-state index < -0.39 is 0 Å². The van der Waals surface area contributed by atoms with E-state index >= 15 is 0 Å². The Bertz CT molecular complexity index is 519. The van der Waals surface area contributed by atoms with Crippen molar-refractivity contribution < 1.29 is 4.74 Å². The number of benzene rings is 1. The Morgan fingerprint density at radius 3 is 3.12 bits per heavy atom. The maximum Gasteiger partial charge on any atom is 0.122 e. The maximum atomic E-state index is 5.54. The second kappa shape index (κ2) is 3.64. The molecule has 0 unspecified atom stereocenters. The van der Waals surface area contributed by atoms with Crippen LogP contribution in [0.15, 0.2) is 24.3 Å². The second-order valence-corrected chi connectivity index (χ2v) is 3.90. The zero-order chi connectivity index (χ0) is 11.0. The summed E-state index contributed by atoms with van der Waals surface area (Å²) in [6.45, 7) is 1.27. The summed E-state index contributed by atoms with van der Waals surface area (Å²) in [7, 11) is 0. The first kappa shape index (κ1) is 9.42. The standard InChI is InChI=1S/C12H13N3O/c13-7-10-6-11(15-14-10)8-1-2-12-9(5-8)3-4-16-12/h1-2,5-6H,3-4,7,13H2,(H,14,15). The van der Waals surface area contributed by atoms with Gasteiger partial charge in [0, 0.05) is 24.2 Å². The van der Waals surface area contributed by atoms with E-state index in [1.165, 1.54) is 5.56 Å². The predicted octanol–water partition coefficient (Wildman–Crippen LogP) is 1.47. The molecule has 1 aromatic carbocycles. The lowest BCUT2D eigenvalue weighted by molar-refractivity contribution is 0.357. The molecular formula is C12H13N3O. The Morgan fingerprint density at radius 2 is 2.31 bits per heavy atom. The zero-order valence-corrected chi connectivity index (χ0v) is 8.86. The third kappa shape index (κ3) is 1.47. The normalized spacial score (nSPS) is 13.6. The van der Waals surface area contributed by atoms with E-state index in [-0.39, 0.29) is 0 Å². The molecule has 82 valence electrons. The lowest BCUT2D eigenvalue weighted by Crippen LogP contribution is -1.95. The van der Waals surface area contributed by atoms with Crippen molar-refractivity contribution in [3.63, 3.8) is 0 Å². The van der Waals surface area contributed by atoms with Crippen LogP contribution >= 0.6 is 0 Å². The van der Waals surface area contributed by atoms with E-state index in [1.807, 2.05) is 18.2 Å². The average molecular weight is 215 g/mol. The van der Waals surface area contributed by atoms with Crippen LogP contribution in [0.1, 0.15) is 11.3 Å². The van der Waals surface area contributed by atoms with Gasteiger partial charge in [-0.15, -0.1) is 0 Å². The summed E-state index contributed by atoms with van der Waals surface area (Å²) < 4.78 is 5.47. The van der Waals surface area contributed by atoms with Crippen molar-refractivity contribution in [1.82, 2.24) is 10.2 Å². The van der Waals surface area contributed by atoms with Gasteiger partial charge in [0.1, 0.15) is 5.75 Å². The van der Waals surface area contributed by atoms with Crippen LogP contribution < -0.4 is 10.5 Å². The summed E-state index contributed by atoms with van der Waals surface area (Å²) in [5.74, 6) is 0.998. The number of hydrogen-bond donors (Lipinski definition) is 2. The molecule has 4 heteroatoms. The van der Waals surface area contributed by atoms with Crippen LogP contribution in [-0.4, -0.2) is 16.8 Å². The lowest BCUT2D eigenvalue weighted by atomic mass is 10.1. The van der Waals surface area contributed by atoms with Gasteiger partial charge in [0.05, 0.1) is 12.3 Å². The van der Waals surface area contributed by atoms with Crippen LogP contribution in [0.25, 0.3) is 11.3 Å². The molecule has 0 saturated carbocycles. The van der Waals surface area contributed by atoms with Gasteiger partial charge in [-0.2, -0.15) is 5.10 Å². The van der Waals surface area contributed by atoms with Crippen molar-refractivity contribution in [2.24, 2.45) is 5.73 Å². The van der Waals surface area contributed by atoms with E-state index in [0.717, 1.165) is 35.7 Å². The molecule has 0 fully saturated rings. The summed E-state index contributed by atoms with van der Waals surface area (Å²) >= 11 is 0. The van der Waals surface area contributed by atoms with Crippen LogP contribution in [0.5, 0.6) is 5.75 Å². The van der Waals surface area contributed by atoms with Crippen molar-refractivity contribution >= 4 is 0 Å². The molecule has 1 aromatic heterocycles. The highest BCUT2D eigenvalue weighted by Gasteiger charge is 2.13. The highest BCUT2D eigenvalue weighted by molar-refractivity contribution is 5.62. The molecule has 0 atom stereocenters. The summed E-state index contributed by atoms with van der Waals surface area (Å²) in [5.41, 5.74) is 9.80. The van der Waals surface area contributed by atoms with E-state index in [1.54, 1.807) is 0 Å². The Kier molecular flexibility index (Phi) is 2.15. The van der Waals surface area contributed by atoms with Gasteiger partial charge in [-0.25, -0.2) is 0 Å². The zero-order valence-electron chi connectivity index (χ0n) is 8.86. The summed E-state index contributed by atoms with van der Waals surface area (Å²) in [6, 6.07) is 8.16. The van der Waals surface area contributed by atoms with Crippen molar-refractivity contribution in [2.75, 3.05) is 6.61 Å². The molecule has 0 radical (unpaired) electrons. The van der Waals surface area contributed by atoms with E-state index in [4.69, 9.17) is 10.5 Å². The fourth-order valence-electron chi connectivity index (χ4n) is 1.96. The Morgan fingerprint density at radius 1 is 1.38 bits per heavy atom. The van der Waals surface area contributed by atoms with E-state index in [0.29, 0.717) is 6.54 Å². The quantitative estimate of drug-likeness (QED) is 0.797. The summed E-state index contributed by atoms with van der Waals surface area (Å²) in [4.78, 5) is 0. The minimum absolute atomic E-state index is 0.487. The second-order valence-electron chi connectivity index (χ2n) is 3.90. The van der Waals surface area contributed by atoms with Gasteiger partial charge in [-0.05, 0) is 29.8 Å². The van der Waals surface area contributed by atoms with Crippen molar-refractivity contribution in [2.45, 2.75) is 13.0 Å². The molecule has 0 aliphatic carbocycles. The molecule has 1 aliphatic heterocycles. The minimum atomic E-state index is 0.487. The molecule has 3 rings (SSSR count). The van der Waals surface area contributed by atoms with Crippen LogP contribution in [0.3, 0.4) is 0 Å². The molecule has 0 amide bonds. The molecule has 3 N–H and O–H groups in total. The first-order chi connectivity index (χ1) is 7.86. The number of ether oxygens (including phenoxy) is 1. The fourth-order valence-corrected chi connectivity index (χ4v) is 1.96. The highest BCUT2D eigenvalue weighted by Crippen LogP contribution is 2.29. The molecule has 0 spiro atoms. The summed E-state index contributed by atoms with van der Waals surface area (Å²) in [5, 5.41) is 7.15. The average Bonchev–Trinajstić information content (AvgIpc) is 2.96. The number of nitrogens with two attached hydrogens (primary N) is 1. The minimum Gasteiger partial charge on any atom is -0.493 e. The molecular weight excluding hydrogens is 202 g/mol. The Labute approximate surface area is 93.4 Å². The molecule has 2 aromatic rings. The van der Waals surface area contributed by atoms with Crippen molar-refractivity contribution in [1.29, 1.82) is 0 Å². The largest absolute Gasteiger partial charge is 0.493 e. The van der Waals surface area contributed by atoms with E-state index in [9.17, 15) is 0 Å². The van der Waals surface area contributed by atoms with Gasteiger partial charge >= 0.3 is 0 Å². The van der Waals surface area contributed by atoms with E-state index in [2.05, 4.69) is 16.3 Å². The van der Waals surface area contributed by atoms with Gasteiger partial charge in [-0.3, -0.25) is 5.10 Å². The maximum absolute atomic E-state index is 5.54. The van der Waals surface area contributed by atoms with Crippen LogP contribution in [-0.2, 0) is 13.0 Å². The smallest absolute Gasteiger partial charge is 0.122 e. The molecule has 16 heavy (non-hydrogen) atoms. The lowest BCUT2D eigenvalue weighted by Gasteiger charge is -2.00. The first-order valence-corrected chi connectivity index (χ1v) is 5.37. The Hall–Kier alpha value is -1.81. The third-order valence-electron chi connectivity index (χ3n) is 2.84. The topological polar surface area (TPSA) is 63.9 Å². The van der Waals surface area contributed by atoms with Crippen LogP contribution in [0.2, 0.25) is 0 Å². The van der Waals surface area contributed by atoms with Gasteiger partial charge in [0.2, 0.25) is 0 Å². The highest BCUT2D eigenvalue weighted by atomic mass is 16.5. The SMILES string of the molecule is NCc1cc(-c2ccc3c(c2)CCO3)n[nH]1. The number of fused-ring (bicyclic) bond motifs is 1. The monoisotopic (exact) mass is 215 g/mol. The van der Waals surface area contributed by atoms with Crippen molar-refractivity contribution in [3.8, 4) is 17.0 Å². The fraction of sp³-hybridized carbons (Fsp3) is 0.250. The molecule has 0 bridgehead atoms. The van der Waals surface area contributed by atoms with Gasteiger partial charge in [0.25, 0.3) is 0 Å². The number of rotatable bonds is 2. The molecule has 2 heterocycles. The molecule has 4 nitrogen and oxygen atoms in total. The number of aromatic amines is 1. The van der Waals surface area contributed by atoms with Gasteiger partial charge < -0.3 is 10.5 Å². The van der Waals surface area contributed by atoms with Gasteiger partial charge in [0.15, 0.2) is 0 Å². The van der Waals surface area contributed by atoms with Crippen LogP contribution in [0.4, 0.5) is 0 Å². The number of aromatic nitrogens is 2. The summed E-state index contributed by atoms with van der Waals surface area (Å²) in [6.07, 6.45) is 0.983. The van der Waals surface area contributed by atoms with Crippen molar-refractivity contribution in [3.05, 3.63) is 35.5 Å². The first-order valence-electron chi connectivity index (χ1n) is 5.37. The number of nitrogens with zero attached hydrogens (tertiary/aromatic N) is 1. The Balaban J connectivity index is 2.00. The number of H-pyrrole nitrogens is 1. The molecule has 1 aliphatic rings. The molecule has 0 saturated heterocycles. The number of nitrogens with one attached hydrogen (secondary N) is 1. The van der Waals surface area contributed by atoms with Crippen LogP contribution in [0, 0.1) is 0 Å². The predicted molar refractivity (Wildman–Crippen MR) is 61.1 cm³/mol. The van der Waals surface area contributed by atoms with Gasteiger partial charge in [-0.1, -0.05) is 0 Å². The third-order valence-corrected chi connectivity index (χ3v) is 2.84.